The van der Waals surface area contributed by atoms with Crippen LogP contribution in [-0.2, 0) is 4.79 Å². The van der Waals surface area contributed by atoms with E-state index in [0.717, 1.165) is 32.4 Å². The lowest BCUT2D eigenvalue weighted by Crippen LogP contribution is -2.50. The Kier molecular flexibility index (Phi) is 2.95. The highest BCUT2D eigenvalue weighted by molar-refractivity contribution is 5.82. The van der Waals surface area contributed by atoms with E-state index in [1.807, 2.05) is 4.90 Å². The van der Waals surface area contributed by atoms with Crippen molar-refractivity contribution in [1.29, 1.82) is 0 Å². The molecular formula is C10H18N2O3. The van der Waals surface area contributed by atoms with Gasteiger partial charge >= 0.3 is 5.97 Å². The fraction of sp³-hybridized carbons (Fsp3) is 0.900. The topological polar surface area (TPSA) is 82.7 Å². The van der Waals surface area contributed by atoms with E-state index < -0.39 is 11.6 Å². The second-order valence-corrected chi connectivity index (χ2v) is 4.46. The van der Waals surface area contributed by atoms with Crippen LogP contribution in [0.5, 0.6) is 0 Å². The van der Waals surface area contributed by atoms with Crippen LogP contribution in [0.25, 0.3) is 0 Å². The molecule has 2 aliphatic heterocycles. The summed E-state index contributed by atoms with van der Waals surface area (Å²) in [5.74, 6) is -0.195. The number of rotatable bonds is 4. The summed E-state index contributed by atoms with van der Waals surface area (Å²) in [6.45, 7) is 2.45. The molecule has 2 heterocycles. The minimum atomic E-state index is -0.761. The SMILES string of the molecule is O=C(O)C1(N2CCC(CCO)CC2)CN1. The Hall–Kier alpha value is -0.650. The van der Waals surface area contributed by atoms with Crippen molar-refractivity contribution in [3.8, 4) is 0 Å². The lowest BCUT2D eigenvalue weighted by atomic mass is 9.93. The first-order valence-corrected chi connectivity index (χ1v) is 5.53. The number of piperidine rings is 1. The van der Waals surface area contributed by atoms with E-state index in [9.17, 15) is 4.79 Å². The normalized spacial score (nSPS) is 32.9. The van der Waals surface area contributed by atoms with Crippen molar-refractivity contribution in [2.75, 3.05) is 26.2 Å². The molecule has 5 nitrogen and oxygen atoms in total. The average molecular weight is 214 g/mol. The van der Waals surface area contributed by atoms with Crippen LogP contribution in [0, 0.1) is 5.92 Å². The summed E-state index contributed by atoms with van der Waals surface area (Å²) in [5, 5.41) is 20.8. The number of hydrogen-bond donors (Lipinski definition) is 3. The Morgan fingerprint density at radius 3 is 2.47 bits per heavy atom. The molecule has 1 unspecified atom stereocenters. The Morgan fingerprint density at radius 1 is 1.47 bits per heavy atom. The van der Waals surface area contributed by atoms with Gasteiger partial charge in [-0.3, -0.25) is 10.2 Å². The fourth-order valence-electron chi connectivity index (χ4n) is 2.38. The Labute approximate surface area is 89.1 Å². The third kappa shape index (κ3) is 2.00. The van der Waals surface area contributed by atoms with Gasteiger partial charge in [-0.2, -0.15) is 0 Å². The number of likely N-dealkylation sites (tertiary alicyclic amines) is 1. The van der Waals surface area contributed by atoms with Gasteiger partial charge in [0.15, 0.2) is 5.66 Å². The maximum absolute atomic E-state index is 11.0. The average Bonchev–Trinajstić information content (AvgIpc) is 3.00. The van der Waals surface area contributed by atoms with Gasteiger partial charge in [-0.15, -0.1) is 0 Å². The predicted molar refractivity (Wildman–Crippen MR) is 54.4 cm³/mol. The van der Waals surface area contributed by atoms with Crippen LogP contribution in [0.15, 0.2) is 0 Å². The maximum atomic E-state index is 11.0. The van der Waals surface area contributed by atoms with Crippen LogP contribution in [0.4, 0.5) is 0 Å². The highest BCUT2D eigenvalue weighted by Gasteiger charge is 2.55. The first-order chi connectivity index (χ1) is 7.19. The van der Waals surface area contributed by atoms with Gasteiger partial charge < -0.3 is 10.2 Å². The van der Waals surface area contributed by atoms with Crippen molar-refractivity contribution in [3.63, 3.8) is 0 Å². The molecule has 0 aromatic heterocycles. The number of nitrogens with one attached hydrogen (secondary N) is 1. The van der Waals surface area contributed by atoms with E-state index in [-0.39, 0.29) is 6.61 Å². The van der Waals surface area contributed by atoms with E-state index >= 15 is 0 Å². The zero-order valence-corrected chi connectivity index (χ0v) is 8.78. The van der Waals surface area contributed by atoms with Crippen molar-refractivity contribution in [2.24, 2.45) is 5.92 Å². The number of carboxylic acid groups (broad SMARTS) is 1. The smallest absolute Gasteiger partial charge is 0.340 e. The maximum Gasteiger partial charge on any atom is 0.340 e. The summed E-state index contributed by atoms with van der Waals surface area (Å²) in [6.07, 6.45) is 2.84. The number of aliphatic carboxylic acids is 1. The van der Waals surface area contributed by atoms with Crippen molar-refractivity contribution in [2.45, 2.75) is 24.9 Å². The largest absolute Gasteiger partial charge is 0.479 e. The van der Waals surface area contributed by atoms with E-state index in [0.29, 0.717) is 12.5 Å². The summed E-state index contributed by atoms with van der Waals surface area (Å²) >= 11 is 0. The van der Waals surface area contributed by atoms with Crippen LogP contribution >= 0.6 is 0 Å². The lowest BCUT2D eigenvalue weighted by Gasteiger charge is -2.34. The van der Waals surface area contributed by atoms with Crippen molar-refractivity contribution < 1.29 is 15.0 Å². The third-order valence-corrected chi connectivity index (χ3v) is 3.56. The van der Waals surface area contributed by atoms with Crippen LogP contribution in [0.3, 0.4) is 0 Å². The van der Waals surface area contributed by atoms with Gasteiger partial charge in [0.25, 0.3) is 0 Å². The Balaban J connectivity index is 1.86. The third-order valence-electron chi connectivity index (χ3n) is 3.56. The summed E-state index contributed by atoms with van der Waals surface area (Å²) in [6, 6.07) is 0. The number of nitrogens with zero attached hydrogens (tertiary/aromatic N) is 1. The Bertz CT molecular complexity index is 245. The molecule has 0 saturated carbocycles. The van der Waals surface area contributed by atoms with E-state index in [4.69, 9.17) is 10.2 Å². The molecule has 0 radical (unpaired) electrons. The molecule has 0 spiro atoms. The molecule has 0 amide bonds. The zero-order chi connectivity index (χ0) is 10.9. The molecule has 3 N–H and O–H groups in total. The number of carboxylic acids is 1. The predicted octanol–water partition coefficient (Wildman–Crippen LogP) is -0.535. The monoisotopic (exact) mass is 214 g/mol. The molecule has 0 aromatic carbocycles. The number of hydrogen-bond acceptors (Lipinski definition) is 4. The fourth-order valence-corrected chi connectivity index (χ4v) is 2.38. The van der Waals surface area contributed by atoms with Gasteiger partial charge in [-0.25, -0.2) is 4.79 Å². The molecule has 86 valence electrons. The molecule has 2 aliphatic rings. The van der Waals surface area contributed by atoms with Gasteiger partial charge in [-0.1, -0.05) is 0 Å². The molecule has 15 heavy (non-hydrogen) atoms. The van der Waals surface area contributed by atoms with Gasteiger partial charge in [-0.05, 0) is 25.2 Å². The second-order valence-electron chi connectivity index (χ2n) is 4.46. The number of carbonyl (C=O) groups is 1. The number of aliphatic hydroxyl groups is 1. The first kappa shape index (κ1) is 10.9. The van der Waals surface area contributed by atoms with Crippen LogP contribution in [0.2, 0.25) is 0 Å². The standard InChI is InChI=1S/C10H18N2O3/c13-6-3-8-1-4-12(5-2-8)10(7-11-10)9(14)15/h8,11,13H,1-7H2,(H,14,15). The molecule has 0 aliphatic carbocycles. The highest BCUT2D eigenvalue weighted by Crippen LogP contribution is 2.29. The quantitative estimate of drug-likeness (QED) is 0.548. The minimum Gasteiger partial charge on any atom is -0.479 e. The van der Waals surface area contributed by atoms with Gasteiger partial charge in [0.2, 0.25) is 0 Å². The molecular weight excluding hydrogens is 196 g/mol. The zero-order valence-electron chi connectivity index (χ0n) is 8.78. The first-order valence-electron chi connectivity index (χ1n) is 5.53. The molecule has 1 atom stereocenters. The summed E-state index contributed by atoms with van der Waals surface area (Å²) in [7, 11) is 0. The molecule has 0 aromatic rings. The second kappa shape index (κ2) is 4.08. The van der Waals surface area contributed by atoms with E-state index in [1.165, 1.54) is 0 Å². The molecule has 5 heteroatoms. The molecule has 0 bridgehead atoms. The van der Waals surface area contributed by atoms with E-state index in [1.54, 1.807) is 0 Å². The van der Waals surface area contributed by atoms with Crippen molar-refractivity contribution in [1.82, 2.24) is 10.2 Å². The van der Waals surface area contributed by atoms with Crippen LogP contribution in [-0.4, -0.2) is 53.0 Å². The van der Waals surface area contributed by atoms with Gasteiger partial charge in [0.05, 0.1) is 0 Å². The van der Waals surface area contributed by atoms with Gasteiger partial charge in [0, 0.05) is 26.2 Å². The van der Waals surface area contributed by atoms with Crippen LogP contribution in [0.1, 0.15) is 19.3 Å². The summed E-state index contributed by atoms with van der Waals surface area (Å²) < 4.78 is 0. The van der Waals surface area contributed by atoms with Crippen molar-refractivity contribution >= 4 is 5.97 Å². The molecule has 2 fully saturated rings. The highest BCUT2D eigenvalue weighted by atomic mass is 16.4. The lowest BCUT2D eigenvalue weighted by molar-refractivity contribution is -0.146. The summed E-state index contributed by atoms with van der Waals surface area (Å²) in [5.41, 5.74) is -0.760. The van der Waals surface area contributed by atoms with Crippen molar-refractivity contribution in [3.05, 3.63) is 0 Å². The van der Waals surface area contributed by atoms with E-state index in [2.05, 4.69) is 5.32 Å². The van der Waals surface area contributed by atoms with Gasteiger partial charge in [0.1, 0.15) is 0 Å². The van der Waals surface area contributed by atoms with Crippen LogP contribution < -0.4 is 5.32 Å². The molecule has 2 saturated heterocycles. The number of aliphatic hydroxyl groups excluding tert-OH is 1. The summed E-state index contributed by atoms with van der Waals surface area (Å²) in [4.78, 5) is 13.1. The minimum absolute atomic E-state index is 0.243. The molecule has 2 rings (SSSR count). The Morgan fingerprint density at radius 2 is 2.07 bits per heavy atom.